The van der Waals surface area contributed by atoms with Crippen LogP contribution in [-0.2, 0) is 10.0 Å². The summed E-state index contributed by atoms with van der Waals surface area (Å²) in [5.74, 6) is -0.396. The maximum atomic E-state index is 15.5. The predicted molar refractivity (Wildman–Crippen MR) is 138 cm³/mol. The van der Waals surface area contributed by atoms with Crippen LogP contribution in [0.2, 0.25) is 0 Å². The summed E-state index contributed by atoms with van der Waals surface area (Å²) in [4.78, 5) is 12.9. The molecule has 2 aromatic heterocycles. The van der Waals surface area contributed by atoms with Crippen LogP contribution in [0.3, 0.4) is 0 Å². The van der Waals surface area contributed by atoms with Crippen molar-refractivity contribution in [2.24, 2.45) is 0 Å². The maximum Gasteiger partial charge on any atom is 0.263 e. The third kappa shape index (κ3) is 4.38. The number of methoxy groups -OCH3 is 1. The molecule has 3 aromatic carbocycles. The molecule has 1 N–H and O–H groups in total. The molecule has 5 rings (SSSR count). The number of halogens is 1. The van der Waals surface area contributed by atoms with Gasteiger partial charge in [-0.15, -0.1) is 0 Å². The fourth-order valence-corrected chi connectivity index (χ4v) is 5.20. The van der Waals surface area contributed by atoms with Gasteiger partial charge in [-0.1, -0.05) is 11.2 Å². The second kappa shape index (κ2) is 9.49. The molecule has 0 amide bonds. The largest absolute Gasteiger partial charge is 0.495 e. The van der Waals surface area contributed by atoms with Gasteiger partial charge in [0.1, 0.15) is 17.8 Å². The van der Waals surface area contributed by atoms with Gasteiger partial charge >= 0.3 is 0 Å². The van der Waals surface area contributed by atoms with Crippen LogP contribution in [0.1, 0.15) is 11.1 Å². The van der Waals surface area contributed by atoms with Crippen molar-refractivity contribution in [2.75, 3.05) is 11.8 Å². The molecular weight excluding hydrogens is 511 g/mol. The summed E-state index contributed by atoms with van der Waals surface area (Å²) >= 11 is 0. The number of fused-ring (bicyclic) bond motifs is 1. The fraction of sp³-hybridized carbons (Fsp3) is 0.0741. The topological polar surface area (TPSA) is 127 Å². The number of nitriles is 1. The minimum atomic E-state index is -4.00. The van der Waals surface area contributed by atoms with Crippen molar-refractivity contribution in [2.45, 2.75) is 11.8 Å². The van der Waals surface area contributed by atoms with Crippen LogP contribution < -0.4 is 15.0 Å². The highest BCUT2D eigenvalue weighted by Crippen LogP contribution is 2.35. The first-order valence-electron chi connectivity index (χ1n) is 11.2. The van der Waals surface area contributed by atoms with E-state index in [-0.39, 0.29) is 27.7 Å². The number of ether oxygens (including phenoxy) is 1. The second-order valence-electron chi connectivity index (χ2n) is 8.36. The fourth-order valence-electron chi connectivity index (χ4n) is 4.17. The quantitative estimate of drug-likeness (QED) is 0.335. The number of aryl methyl sites for hydroxylation is 1. The van der Waals surface area contributed by atoms with E-state index in [1.165, 1.54) is 66.5 Å². The van der Waals surface area contributed by atoms with Gasteiger partial charge in [-0.2, -0.15) is 5.26 Å². The Kier molecular flexibility index (Phi) is 6.18. The van der Waals surface area contributed by atoms with Gasteiger partial charge in [0.2, 0.25) is 0 Å². The van der Waals surface area contributed by atoms with Gasteiger partial charge in [0.25, 0.3) is 15.6 Å². The van der Waals surface area contributed by atoms with Crippen LogP contribution in [0.15, 0.2) is 87.2 Å². The van der Waals surface area contributed by atoms with E-state index in [9.17, 15) is 18.5 Å². The molecule has 11 heteroatoms. The zero-order chi connectivity index (χ0) is 27.0. The molecule has 0 atom stereocenters. The van der Waals surface area contributed by atoms with Crippen molar-refractivity contribution in [3.05, 3.63) is 100 Å². The highest BCUT2D eigenvalue weighted by Gasteiger charge is 2.20. The molecule has 0 unspecified atom stereocenters. The van der Waals surface area contributed by atoms with Gasteiger partial charge < -0.3 is 9.26 Å². The highest BCUT2D eigenvalue weighted by molar-refractivity contribution is 7.92. The van der Waals surface area contributed by atoms with Crippen molar-refractivity contribution in [3.63, 3.8) is 0 Å². The minimum absolute atomic E-state index is 0.0194. The lowest BCUT2D eigenvalue weighted by Crippen LogP contribution is -2.19. The molecule has 0 radical (unpaired) electrons. The van der Waals surface area contributed by atoms with Crippen LogP contribution in [0.5, 0.6) is 5.75 Å². The lowest BCUT2D eigenvalue weighted by Gasteiger charge is -2.17. The normalized spacial score (nSPS) is 11.3. The van der Waals surface area contributed by atoms with Gasteiger partial charge in [-0.3, -0.25) is 14.1 Å². The molecule has 0 fully saturated rings. The molecule has 0 saturated heterocycles. The number of hydrogen-bond acceptors (Lipinski definition) is 7. The van der Waals surface area contributed by atoms with E-state index in [1.807, 2.05) is 6.07 Å². The van der Waals surface area contributed by atoms with Crippen LogP contribution >= 0.6 is 0 Å². The number of aromatic nitrogens is 2. The van der Waals surface area contributed by atoms with Gasteiger partial charge in [0, 0.05) is 29.1 Å². The molecule has 0 spiro atoms. The van der Waals surface area contributed by atoms with E-state index in [4.69, 9.17) is 4.74 Å². The summed E-state index contributed by atoms with van der Waals surface area (Å²) in [6.45, 7) is 1.80. The summed E-state index contributed by atoms with van der Waals surface area (Å²) < 4.78 is 54.9. The van der Waals surface area contributed by atoms with Crippen molar-refractivity contribution >= 4 is 26.7 Å². The number of anilines is 1. The summed E-state index contributed by atoms with van der Waals surface area (Å²) in [5, 5.41) is 13.2. The number of hydrogen-bond donors (Lipinski definition) is 1. The summed E-state index contributed by atoms with van der Waals surface area (Å²) in [6.07, 6.45) is 1.23. The minimum Gasteiger partial charge on any atom is -0.495 e. The third-order valence-electron chi connectivity index (χ3n) is 6.02. The molecule has 0 saturated carbocycles. The lowest BCUT2D eigenvalue weighted by atomic mass is 9.97. The number of nitrogens with one attached hydrogen (secondary N) is 1. The average molecular weight is 531 g/mol. The number of rotatable bonds is 6. The Hall–Kier alpha value is -4.95. The molecule has 0 aliphatic rings. The van der Waals surface area contributed by atoms with E-state index in [0.29, 0.717) is 22.0 Å². The second-order valence-corrected chi connectivity index (χ2v) is 10.0. The Balaban J connectivity index is 1.66. The van der Waals surface area contributed by atoms with E-state index in [1.54, 1.807) is 25.1 Å². The first-order chi connectivity index (χ1) is 18.2. The first kappa shape index (κ1) is 24.7. The summed E-state index contributed by atoms with van der Waals surface area (Å²) in [6, 6.07) is 18.0. The molecule has 0 bridgehead atoms. The van der Waals surface area contributed by atoms with Crippen LogP contribution in [0.25, 0.3) is 27.7 Å². The molecule has 0 aliphatic carbocycles. The van der Waals surface area contributed by atoms with Crippen LogP contribution in [0.4, 0.5) is 10.2 Å². The standard InChI is InChI=1S/C27H19FN4O5S/c1-16-3-4-17(15-29)11-20(16)21-13-25(36-2)24(14-22(21)28)32-23-7-6-19(12-18(23)5-8-27(32)33)38(34,35)31-26-9-10-37-30-26/h3-14H,1-2H3,(H,30,31). The zero-order valence-electron chi connectivity index (χ0n) is 20.1. The lowest BCUT2D eigenvalue weighted by molar-refractivity contribution is 0.412. The van der Waals surface area contributed by atoms with Gasteiger partial charge in [-0.05, 0) is 60.5 Å². The van der Waals surface area contributed by atoms with E-state index < -0.39 is 21.4 Å². The number of nitrogens with zero attached hydrogens (tertiary/aromatic N) is 3. The molecule has 5 aromatic rings. The summed E-state index contributed by atoms with van der Waals surface area (Å²) in [5.41, 5.74) is 1.87. The highest BCUT2D eigenvalue weighted by atomic mass is 32.2. The third-order valence-corrected chi connectivity index (χ3v) is 7.37. The SMILES string of the molecule is COc1cc(-c2cc(C#N)ccc2C)c(F)cc1-n1c(=O)ccc2cc(S(=O)(=O)Nc3ccon3)ccc21. The Morgan fingerprint density at radius 2 is 1.87 bits per heavy atom. The summed E-state index contributed by atoms with van der Waals surface area (Å²) in [7, 11) is -2.60. The van der Waals surface area contributed by atoms with Gasteiger partial charge in [-0.25, -0.2) is 12.8 Å². The van der Waals surface area contributed by atoms with E-state index in [0.717, 1.165) is 5.56 Å². The van der Waals surface area contributed by atoms with E-state index in [2.05, 4.69) is 14.4 Å². The zero-order valence-corrected chi connectivity index (χ0v) is 20.9. The Bertz CT molecular complexity index is 1910. The number of pyridine rings is 1. The molecule has 0 aliphatic heterocycles. The van der Waals surface area contributed by atoms with Gasteiger partial charge in [0.15, 0.2) is 5.82 Å². The molecular formula is C27H19FN4O5S. The smallest absolute Gasteiger partial charge is 0.263 e. The Morgan fingerprint density at radius 3 is 2.58 bits per heavy atom. The maximum absolute atomic E-state index is 15.5. The van der Waals surface area contributed by atoms with Crippen molar-refractivity contribution in [3.8, 4) is 28.6 Å². The van der Waals surface area contributed by atoms with Crippen molar-refractivity contribution in [1.82, 2.24) is 9.72 Å². The molecule has 9 nitrogen and oxygen atoms in total. The molecule has 190 valence electrons. The Labute approximate surface area is 216 Å². The molecule has 38 heavy (non-hydrogen) atoms. The Morgan fingerprint density at radius 1 is 1.05 bits per heavy atom. The predicted octanol–water partition coefficient (Wildman–Crippen LogP) is 4.77. The first-order valence-corrected chi connectivity index (χ1v) is 12.7. The monoisotopic (exact) mass is 530 g/mol. The van der Waals surface area contributed by atoms with Crippen molar-refractivity contribution < 1.29 is 22.1 Å². The number of benzene rings is 3. The number of sulfonamides is 1. The molecule has 2 heterocycles. The van der Waals surface area contributed by atoms with Gasteiger partial charge in [0.05, 0.1) is 34.8 Å². The van der Waals surface area contributed by atoms with Crippen molar-refractivity contribution in [1.29, 1.82) is 5.26 Å². The average Bonchev–Trinajstić information content (AvgIpc) is 3.41. The van der Waals surface area contributed by atoms with E-state index >= 15 is 4.39 Å². The van der Waals surface area contributed by atoms with Crippen LogP contribution in [-0.4, -0.2) is 25.3 Å². The van der Waals surface area contributed by atoms with Crippen LogP contribution in [0, 0.1) is 24.1 Å².